The van der Waals surface area contributed by atoms with Crippen molar-refractivity contribution in [2.75, 3.05) is 0 Å². The molecule has 0 aliphatic rings. The van der Waals surface area contributed by atoms with Crippen molar-refractivity contribution < 1.29 is 0 Å². The Morgan fingerprint density at radius 1 is 1.82 bits per heavy atom. The number of hydrogen-bond donors (Lipinski definition) is 1. The quantitative estimate of drug-likeness (QED) is 0.816. The van der Waals surface area contributed by atoms with Crippen molar-refractivity contribution in [3.05, 3.63) is 20.3 Å². The van der Waals surface area contributed by atoms with Gasteiger partial charge in [0.15, 0.2) is 0 Å². The average molecular weight is 250 g/mol. The van der Waals surface area contributed by atoms with E-state index < -0.39 is 0 Å². The first-order chi connectivity index (χ1) is 5.11. The second-order valence-electron chi connectivity index (χ2n) is 2.30. The van der Waals surface area contributed by atoms with Crippen LogP contribution in [-0.4, -0.2) is 4.99 Å². The van der Waals surface area contributed by atoms with E-state index in [-0.39, 0.29) is 0 Å². The maximum absolute atomic E-state index is 5.42. The monoisotopic (exact) mass is 249 g/mol. The Hall–Kier alpha value is 0.0700. The summed E-state index contributed by atoms with van der Waals surface area (Å²) >= 11 is 9.97. The summed E-state index contributed by atoms with van der Waals surface area (Å²) in [5, 5.41) is 2.09. The van der Waals surface area contributed by atoms with E-state index in [1.54, 1.807) is 11.3 Å². The molecule has 1 heterocycles. The van der Waals surface area contributed by atoms with Gasteiger partial charge in [-0.1, -0.05) is 12.2 Å². The predicted molar refractivity (Wildman–Crippen MR) is 57.2 cm³/mol. The van der Waals surface area contributed by atoms with Crippen molar-refractivity contribution in [3.63, 3.8) is 0 Å². The van der Waals surface area contributed by atoms with Crippen LogP contribution in [0.2, 0.25) is 0 Å². The van der Waals surface area contributed by atoms with E-state index in [0.29, 0.717) is 11.4 Å². The van der Waals surface area contributed by atoms with Gasteiger partial charge in [-0.15, -0.1) is 11.3 Å². The van der Waals surface area contributed by atoms with Gasteiger partial charge < -0.3 is 5.73 Å². The van der Waals surface area contributed by atoms with E-state index in [1.165, 1.54) is 10.4 Å². The summed E-state index contributed by atoms with van der Waals surface area (Å²) in [7, 11) is 0. The van der Waals surface area contributed by atoms with Gasteiger partial charge in [-0.05, 0) is 33.8 Å². The highest BCUT2D eigenvalue weighted by molar-refractivity contribution is 9.10. The van der Waals surface area contributed by atoms with Crippen LogP contribution in [0.15, 0.2) is 9.85 Å². The van der Waals surface area contributed by atoms with Crippen molar-refractivity contribution in [2.24, 2.45) is 5.73 Å². The average Bonchev–Trinajstić information content (AvgIpc) is 2.18. The molecule has 0 radical (unpaired) electrons. The molecule has 60 valence electrons. The molecule has 0 unspecified atom stereocenters. The summed E-state index contributed by atoms with van der Waals surface area (Å²) in [6.07, 6.45) is 0.703. The molecule has 0 fully saturated rings. The summed E-state index contributed by atoms with van der Waals surface area (Å²) in [6, 6.07) is 0. The Morgan fingerprint density at radius 2 is 2.45 bits per heavy atom. The number of aryl methyl sites for hydroxylation is 1. The third-order valence-electron chi connectivity index (χ3n) is 1.30. The van der Waals surface area contributed by atoms with E-state index in [1.807, 2.05) is 0 Å². The van der Waals surface area contributed by atoms with Gasteiger partial charge in [0.25, 0.3) is 0 Å². The zero-order valence-corrected chi connectivity index (χ0v) is 9.28. The second-order valence-corrected chi connectivity index (χ2v) is 4.58. The van der Waals surface area contributed by atoms with Crippen LogP contribution in [0.4, 0.5) is 0 Å². The lowest BCUT2D eigenvalue weighted by Gasteiger charge is -1.95. The van der Waals surface area contributed by atoms with Crippen LogP contribution < -0.4 is 5.73 Å². The van der Waals surface area contributed by atoms with Gasteiger partial charge in [0.2, 0.25) is 0 Å². The van der Waals surface area contributed by atoms with Crippen LogP contribution in [0.25, 0.3) is 0 Å². The SMILES string of the molecule is Cc1csc(CC(N)=S)c1Br. The number of rotatable bonds is 2. The molecular formula is C7H8BrNS2. The lowest BCUT2D eigenvalue weighted by Crippen LogP contribution is -2.10. The first-order valence-electron chi connectivity index (χ1n) is 3.12. The Bertz CT molecular complexity index is 280. The minimum absolute atomic E-state index is 0.549. The van der Waals surface area contributed by atoms with Crippen LogP contribution in [-0.2, 0) is 6.42 Å². The van der Waals surface area contributed by atoms with Gasteiger partial charge in [0.1, 0.15) is 0 Å². The van der Waals surface area contributed by atoms with Gasteiger partial charge in [-0.3, -0.25) is 0 Å². The molecule has 0 aromatic carbocycles. The summed E-state index contributed by atoms with van der Waals surface area (Å²) in [5.74, 6) is 0. The molecule has 0 saturated carbocycles. The van der Waals surface area contributed by atoms with E-state index in [4.69, 9.17) is 18.0 Å². The predicted octanol–water partition coefficient (Wildman–Crippen LogP) is 2.65. The molecule has 1 aromatic heterocycles. The Morgan fingerprint density at radius 3 is 2.82 bits per heavy atom. The molecule has 2 N–H and O–H groups in total. The molecule has 11 heavy (non-hydrogen) atoms. The highest BCUT2D eigenvalue weighted by atomic mass is 79.9. The molecular weight excluding hydrogens is 242 g/mol. The number of halogens is 1. The molecule has 4 heteroatoms. The number of hydrogen-bond acceptors (Lipinski definition) is 2. The van der Waals surface area contributed by atoms with Crippen molar-refractivity contribution >= 4 is 44.5 Å². The fraction of sp³-hybridized carbons (Fsp3) is 0.286. The van der Waals surface area contributed by atoms with Gasteiger partial charge in [-0.2, -0.15) is 0 Å². The molecule has 1 rings (SSSR count). The summed E-state index contributed by atoms with van der Waals surface area (Å²) < 4.78 is 1.15. The first kappa shape index (κ1) is 9.16. The maximum Gasteiger partial charge on any atom is 0.0780 e. The minimum Gasteiger partial charge on any atom is -0.393 e. The lowest BCUT2D eigenvalue weighted by atomic mass is 10.3. The van der Waals surface area contributed by atoms with E-state index >= 15 is 0 Å². The van der Waals surface area contributed by atoms with Gasteiger partial charge in [0, 0.05) is 15.8 Å². The summed E-state index contributed by atoms with van der Waals surface area (Å²) in [4.78, 5) is 1.77. The highest BCUT2D eigenvalue weighted by Gasteiger charge is 2.05. The highest BCUT2D eigenvalue weighted by Crippen LogP contribution is 2.27. The number of thiocarbonyl (C=S) groups is 1. The molecule has 1 nitrogen and oxygen atoms in total. The van der Waals surface area contributed by atoms with Gasteiger partial charge >= 0.3 is 0 Å². The van der Waals surface area contributed by atoms with Crippen molar-refractivity contribution in [1.29, 1.82) is 0 Å². The molecule has 0 aliphatic carbocycles. The van der Waals surface area contributed by atoms with Crippen molar-refractivity contribution in [2.45, 2.75) is 13.3 Å². The normalized spacial score (nSPS) is 10.0. The van der Waals surface area contributed by atoms with Crippen LogP contribution in [0.3, 0.4) is 0 Å². The van der Waals surface area contributed by atoms with Gasteiger partial charge in [0.05, 0.1) is 4.99 Å². The van der Waals surface area contributed by atoms with Crippen LogP contribution in [0.5, 0.6) is 0 Å². The fourth-order valence-corrected chi connectivity index (χ4v) is 2.62. The number of nitrogens with two attached hydrogens (primary N) is 1. The third-order valence-corrected chi connectivity index (χ3v) is 3.92. The Balaban J connectivity index is 2.87. The Labute approximate surface area is 83.7 Å². The van der Waals surface area contributed by atoms with E-state index in [0.717, 1.165) is 4.47 Å². The van der Waals surface area contributed by atoms with E-state index in [9.17, 15) is 0 Å². The van der Waals surface area contributed by atoms with Crippen molar-refractivity contribution in [3.8, 4) is 0 Å². The molecule has 0 bridgehead atoms. The molecule has 0 spiro atoms. The van der Waals surface area contributed by atoms with Gasteiger partial charge in [-0.25, -0.2) is 0 Å². The molecule has 1 aromatic rings. The lowest BCUT2D eigenvalue weighted by molar-refractivity contribution is 1.36. The molecule has 0 atom stereocenters. The Kier molecular flexibility index (Phi) is 3.04. The molecule has 0 aliphatic heterocycles. The zero-order valence-electron chi connectivity index (χ0n) is 6.06. The number of thiophene rings is 1. The summed E-state index contributed by atoms with van der Waals surface area (Å²) in [6.45, 7) is 2.06. The summed E-state index contributed by atoms with van der Waals surface area (Å²) in [5.41, 5.74) is 6.67. The smallest absolute Gasteiger partial charge is 0.0780 e. The third kappa shape index (κ3) is 2.25. The topological polar surface area (TPSA) is 26.0 Å². The fourth-order valence-electron chi connectivity index (χ4n) is 0.760. The molecule has 0 amide bonds. The van der Waals surface area contributed by atoms with Crippen molar-refractivity contribution in [1.82, 2.24) is 0 Å². The van der Waals surface area contributed by atoms with E-state index in [2.05, 4.69) is 28.2 Å². The second kappa shape index (κ2) is 3.65. The van der Waals surface area contributed by atoms with Crippen LogP contribution in [0, 0.1) is 6.92 Å². The first-order valence-corrected chi connectivity index (χ1v) is 5.20. The zero-order chi connectivity index (χ0) is 8.43. The van der Waals surface area contributed by atoms with Crippen LogP contribution >= 0.6 is 39.5 Å². The standard InChI is InChI=1S/C7H8BrNS2/c1-4-3-11-5(7(4)8)2-6(9)10/h3H,2H2,1H3,(H2,9,10). The van der Waals surface area contributed by atoms with Crippen LogP contribution in [0.1, 0.15) is 10.4 Å². The maximum atomic E-state index is 5.42. The minimum atomic E-state index is 0.549. The molecule has 0 saturated heterocycles. The largest absolute Gasteiger partial charge is 0.393 e.